The minimum absolute atomic E-state index is 0.186. The molecule has 20 heavy (non-hydrogen) atoms. The van der Waals surface area contributed by atoms with E-state index in [0.717, 1.165) is 0 Å². The van der Waals surface area contributed by atoms with Crippen LogP contribution in [0.3, 0.4) is 0 Å². The molecule has 0 aliphatic carbocycles. The molecular formula is C10H4Br2Cl2N6. The smallest absolute Gasteiger partial charge is 0.216 e. The number of nitrogens with one attached hydrogen (secondary N) is 2. The number of halogens is 4. The Balaban J connectivity index is 2.34. The van der Waals surface area contributed by atoms with Gasteiger partial charge in [0.05, 0.1) is 24.7 Å². The van der Waals surface area contributed by atoms with E-state index in [2.05, 4.69) is 57.8 Å². The maximum absolute atomic E-state index is 9.05. The van der Waals surface area contributed by atoms with Crippen LogP contribution in [0.4, 0.5) is 5.69 Å². The highest BCUT2D eigenvalue weighted by Gasteiger charge is 2.12. The number of hydrogen-bond donors (Lipinski definition) is 2. The number of H-pyrrole nitrogens is 1. The Morgan fingerprint density at radius 3 is 2.75 bits per heavy atom. The van der Waals surface area contributed by atoms with Gasteiger partial charge in [0.2, 0.25) is 5.82 Å². The van der Waals surface area contributed by atoms with Gasteiger partial charge in [0.1, 0.15) is 11.6 Å². The van der Waals surface area contributed by atoms with Crippen LogP contribution in [0.5, 0.6) is 0 Å². The molecule has 0 unspecified atom stereocenters. The third-order valence-electron chi connectivity index (χ3n) is 2.18. The molecule has 0 saturated heterocycles. The van der Waals surface area contributed by atoms with Crippen molar-refractivity contribution in [3.8, 4) is 6.07 Å². The average Bonchev–Trinajstić information content (AvgIpc) is 2.96. The molecule has 6 nitrogen and oxygen atoms in total. The van der Waals surface area contributed by atoms with Crippen LogP contribution in [0.1, 0.15) is 5.82 Å². The molecule has 0 atom stereocenters. The molecule has 0 aliphatic heterocycles. The number of nitrogens with zero attached hydrogens (tertiary/aromatic N) is 4. The summed E-state index contributed by atoms with van der Waals surface area (Å²) in [6.07, 6.45) is 1.44. The first-order chi connectivity index (χ1) is 9.54. The molecule has 1 aromatic heterocycles. The molecule has 0 fully saturated rings. The van der Waals surface area contributed by atoms with E-state index >= 15 is 0 Å². The zero-order valence-corrected chi connectivity index (χ0v) is 14.1. The number of rotatable bonds is 3. The van der Waals surface area contributed by atoms with Gasteiger partial charge >= 0.3 is 0 Å². The van der Waals surface area contributed by atoms with Gasteiger partial charge in [0, 0.05) is 6.20 Å². The summed E-state index contributed by atoms with van der Waals surface area (Å²) in [5, 5.41) is 25.9. The second kappa shape index (κ2) is 6.54. The zero-order chi connectivity index (χ0) is 14.7. The van der Waals surface area contributed by atoms with Crippen molar-refractivity contribution in [2.75, 3.05) is 5.32 Å². The van der Waals surface area contributed by atoms with Gasteiger partial charge in [-0.3, -0.25) is 0 Å². The lowest BCUT2D eigenvalue weighted by atomic mass is 10.3. The fourth-order valence-corrected chi connectivity index (χ4v) is 2.71. The summed E-state index contributed by atoms with van der Waals surface area (Å²) in [4.78, 5) is 0. The highest BCUT2D eigenvalue weighted by Crippen LogP contribution is 2.41. The third-order valence-corrected chi connectivity index (χ3v) is 5.19. The number of aromatic amines is 1. The molecule has 102 valence electrons. The Kier molecular flexibility index (Phi) is 4.99. The van der Waals surface area contributed by atoms with Gasteiger partial charge in [-0.2, -0.15) is 10.5 Å². The first kappa shape index (κ1) is 15.3. The summed E-state index contributed by atoms with van der Waals surface area (Å²) in [6.45, 7) is 0. The molecule has 0 aliphatic rings. The monoisotopic (exact) mass is 436 g/mol. The van der Waals surface area contributed by atoms with E-state index < -0.39 is 0 Å². The summed E-state index contributed by atoms with van der Waals surface area (Å²) in [6, 6.07) is 3.61. The number of nitriles is 1. The molecular weight excluding hydrogens is 435 g/mol. The first-order valence-electron chi connectivity index (χ1n) is 4.98. The topological polar surface area (TPSA) is 90.3 Å². The fourth-order valence-electron chi connectivity index (χ4n) is 1.25. The molecule has 1 heterocycles. The second-order valence-corrected chi connectivity index (χ2v) is 5.77. The summed E-state index contributed by atoms with van der Waals surface area (Å²) in [7, 11) is 0. The van der Waals surface area contributed by atoms with Gasteiger partial charge in [0.25, 0.3) is 0 Å². The van der Waals surface area contributed by atoms with Crippen molar-refractivity contribution in [3.63, 3.8) is 0 Å². The van der Waals surface area contributed by atoms with Crippen molar-refractivity contribution in [2.45, 2.75) is 0 Å². The maximum Gasteiger partial charge on any atom is 0.216 e. The van der Waals surface area contributed by atoms with E-state index in [1.165, 1.54) is 6.20 Å². The van der Waals surface area contributed by atoms with Crippen LogP contribution < -0.4 is 5.32 Å². The third kappa shape index (κ3) is 3.12. The number of tetrazole rings is 1. The predicted octanol–water partition coefficient (Wildman–Crippen LogP) is 4.01. The average molecular weight is 439 g/mol. The van der Waals surface area contributed by atoms with Crippen LogP contribution >= 0.6 is 55.1 Å². The number of benzene rings is 1. The summed E-state index contributed by atoms with van der Waals surface area (Å²) in [5.74, 6) is 0.186. The molecule has 0 saturated carbocycles. The van der Waals surface area contributed by atoms with Gasteiger partial charge in [-0.1, -0.05) is 23.2 Å². The minimum atomic E-state index is 0.186. The second-order valence-electron chi connectivity index (χ2n) is 3.40. The Morgan fingerprint density at radius 1 is 1.40 bits per heavy atom. The molecule has 0 radical (unpaired) electrons. The van der Waals surface area contributed by atoms with E-state index in [9.17, 15) is 0 Å². The molecule has 0 bridgehead atoms. The normalized spacial score (nSPS) is 11.2. The van der Waals surface area contributed by atoms with Crippen molar-refractivity contribution in [1.29, 1.82) is 5.26 Å². The molecule has 2 aromatic rings. The van der Waals surface area contributed by atoms with Gasteiger partial charge < -0.3 is 5.32 Å². The quantitative estimate of drug-likeness (QED) is 0.429. The van der Waals surface area contributed by atoms with Gasteiger partial charge in [-0.15, -0.1) is 10.2 Å². The van der Waals surface area contributed by atoms with Gasteiger partial charge in [-0.05, 0) is 43.1 Å². The predicted molar refractivity (Wildman–Crippen MR) is 83.3 cm³/mol. The molecule has 2 N–H and O–H groups in total. The van der Waals surface area contributed by atoms with Crippen LogP contribution in [0, 0.1) is 11.3 Å². The molecule has 0 amide bonds. The number of allylic oxidation sites excluding steroid dienone is 1. The van der Waals surface area contributed by atoms with Gasteiger partial charge in [-0.25, -0.2) is 0 Å². The largest absolute Gasteiger partial charge is 0.359 e. The van der Waals surface area contributed by atoms with E-state index in [1.54, 1.807) is 6.07 Å². The van der Waals surface area contributed by atoms with Gasteiger partial charge in [0.15, 0.2) is 0 Å². The number of hydrogen-bond acceptors (Lipinski definition) is 5. The highest BCUT2D eigenvalue weighted by molar-refractivity contribution is 9.11. The lowest BCUT2D eigenvalue weighted by Crippen LogP contribution is -1.94. The summed E-state index contributed by atoms with van der Waals surface area (Å²) < 4.78 is 1.19. The van der Waals surface area contributed by atoms with Crippen LogP contribution in [-0.4, -0.2) is 20.6 Å². The molecule has 10 heteroatoms. The molecule has 0 spiro atoms. The first-order valence-corrected chi connectivity index (χ1v) is 7.32. The van der Waals surface area contributed by atoms with Crippen molar-refractivity contribution in [1.82, 2.24) is 20.6 Å². The number of anilines is 1. The van der Waals surface area contributed by atoms with Crippen molar-refractivity contribution in [2.24, 2.45) is 0 Å². The SMILES string of the molecule is N#CC(=CNc1cc(Cl)c(Br)c(Cl)c1Br)c1nn[nH]n1. The summed E-state index contributed by atoms with van der Waals surface area (Å²) >= 11 is 18.7. The minimum Gasteiger partial charge on any atom is -0.359 e. The van der Waals surface area contributed by atoms with E-state index in [4.69, 9.17) is 28.5 Å². The van der Waals surface area contributed by atoms with E-state index in [1.807, 2.05) is 6.07 Å². The zero-order valence-electron chi connectivity index (χ0n) is 9.46. The van der Waals surface area contributed by atoms with Crippen molar-refractivity contribution < 1.29 is 0 Å². The Labute approximate surface area is 140 Å². The van der Waals surface area contributed by atoms with Crippen LogP contribution in [0.2, 0.25) is 10.0 Å². The lowest BCUT2D eigenvalue weighted by Gasteiger charge is -2.09. The Bertz CT molecular complexity index is 708. The number of aromatic nitrogens is 4. The molecule has 2 rings (SSSR count). The van der Waals surface area contributed by atoms with Crippen LogP contribution in [-0.2, 0) is 0 Å². The summed E-state index contributed by atoms with van der Waals surface area (Å²) in [5.41, 5.74) is 0.806. The maximum atomic E-state index is 9.05. The molecule has 1 aromatic carbocycles. The Morgan fingerprint density at radius 2 is 2.15 bits per heavy atom. The lowest BCUT2D eigenvalue weighted by molar-refractivity contribution is 0.881. The van der Waals surface area contributed by atoms with E-state index in [0.29, 0.717) is 24.7 Å². The standard InChI is InChI=1S/C10H4Br2Cl2N6/c11-7-5(13)1-6(8(12)9(7)14)16-3-4(2-15)10-17-19-20-18-10/h1,3,16H,(H,17,18,19,20). The highest BCUT2D eigenvalue weighted by atomic mass is 79.9. The van der Waals surface area contributed by atoms with Crippen LogP contribution in [0.25, 0.3) is 5.57 Å². The van der Waals surface area contributed by atoms with Crippen LogP contribution in [0.15, 0.2) is 21.2 Å². The van der Waals surface area contributed by atoms with Crippen molar-refractivity contribution in [3.05, 3.63) is 37.1 Å². The fraction of sp³-hybridized carbons (Fsp3) is 0. The van der Waals surface area contributed by atoms with Crippen molar-refractivity contribution >= 4 is 66.3 Å². The Hall–Kier alpha value is -1.14. The van der Waals surface area contributed by atoms with E-state index in [-0.39, 0.29) is 11.4 Å².